The SMILES string of the molecule is CCCc1nc(COC(=O)C(C)OCC2CCCO2)no1. The highest BCUT2D eigenvalue weighted by Crippen LogP contribution is 2.13. The molecular formula is C14H22N2O5. The summed E-state index contributed by atoms with van der Waals surface area (Å²) in [4.78, 5) is 15.9. The summed E-state index contributed by atoms with van der Waals surface area (Å²) in [5.41, 5.74) is 0. The Morgan fingerprint density at radius 1 is 1.52 bits per heavy atom. The van der Waals surface area contributed by atoms with Gasteiger partial charge < -0.3 is 18.7 Å². The molecule has 0 N–H and O–H groups in total. The quantitative estimate of drug-likeness (QED) is 0.675. The molecule has 1 aliphatic heterocycles. The van der Waals surface area contributed by atoms with E-state index in [0.717, 1.165) is 32.3 Å². The van der Waals surface area contributed by atoms with Crippen molar-refractivity contribution in [1.29, 1.82) is 0 Å². The number of aryl methyl sites for hydroxylation is 1. The Bertz CT molecular complexity index is 442. The van der Waals surface area contributed by atoms with Gasteiger partial charge in [0.15, 0.2) is 12.7 Å². The van der Waals surface area contributed by atoms with Gasteiger partial charge in [-0.25, -0.2) is 4.79 Å². The first-order valence-electron chi connectivity index (χ1n) is 7.40. The van der Waals surface area contributed by atoms with Crippen LogP contribution in [0.1, 0.15) is 44.8 Å². The summed E-state index contributed by atoms with van der Waals surface area (Å²) in [5.74, 6) is 0.499. The minimum absolute atomic E-state index is 0.000321. The van der Waals surface area contributed by atoms with Crippen LogP contribution in [0.3, 0.4) is 0 Å². The Labute approximate surface area is 123 Å². The Kier molecular flexibility index (Phi) is 6.13. The highest BCUT2D eigenvalue weighted by molar-refractivity contribution is 5.74. The maximum Gasteiger partial charge on any atom is 0.335 e. The number of rotatable bonds is 8. The largest absolute Gasteiger partial charge is 0.455 e. The molecule has 1 aromatic heterocycles. The summed E-state index contributed by atoms with van der Waals surface area (Å²) >= 11 is 0. The molecule has 0 bridgehead atoms. The van der Waals surface area contributed by atoms with Gasteiger partial charge in [0.2, 0.25) is 11.7 Å². The van der Waals surface area contributed by atoms with Crippen molar-refractivity contribution in [3.63, 3.8) is 0 Å². The van der Waals surface area contributed by atoms with E-state index in [1.54, 1.807) is 6.92 Å². The average Bonchev–Trinajstić information content (AvgIpc) is 3.14. The van der Waals surface area contributed by atoms with Crippen LogP contribution in [0.25, 0.3) is 0 Å². The van der Waals surface area contributed by atoms with Crippen LogP contribution in [-0.4, -0.2) is 41.5 Å². The molecule has 2 unspecified atom stereocenters. The van der Waals surface area contributed by atoms with Crippen molar-refractivity contribution in [2.45, 2.75) is 58.3 Å². The fourth-order valence-electron chi connectivity index (χ4n) is 2.01. The topological polar surface area (TPSA) is 83.7 Å². The normalized spacial score (nSPS) is 19.6. The fourth-order valence-corrected chi connectivity index (χ4v) is 2.01. The van der Waals surface area contributed by atoms with Gasteiger partial charge in [0, 0.05) is 13.0 Å². The van der Waals surface area contributed by atoms with Crippen LogP contribution in [0.2, 0.25) is 0 Å². The molecule has 0 aromatic carbocycles. The minimum atomic E-state index is -0.629. The Hall–Kier alpha value is -1.47. The monoisotopic (exact) mass is 298 g/mol. The number of hydrogen-bond donors (Lipinski definition) is 0. The number of nitrogens with zero attached hydrogens (tertiary/aromatic N) is 2. The lowest BCUT2D eigenvalue weighted by molar-refractivity contribution is -0.159. The van der Waals surface area contributed by atoms with E-state index in [0.29, 0.717) is 18.3 Å². The van der Waals surface area contributed by atoms with Gasteiger partial charge in [0.05, 0.1) is 12.7 Å². The Morgan fingerprint density at radius 3 is 3.10 bits per heavy atom. The lowest BCUT2D eigenvalue weighted by atomic mass is 10.2. The van der Waals surface area contributed by atoms with Gasteiger partial charge in [-0.15, -0.1) is 0 Å². The third-order valence-corrected chi connectivity index (χ3v) is 3.21. The van der Waals surface area contributed by atoms with Crippen molar-refractivity contribution in [2.75, 3.05) is 13.2 Å². The molecule has 0 aliphatic carbocycles. The molecule has 1 aromatic rings. The van der Waals surface area contributed by atoms with E-state index >= 15 is 0 Å². The first-order valence-corrected chi connectivity index (χ1v) is 7.40. The summed E-state index contributed by atoms with van der Waals surface area (Å²) in [6.45, 7) is 4.87. The van der Waals surface area contributed by atoms with Crippen molar-refractivity contribution in [1.82, 2.24) is 10.1 Å². The molecule has 0 spiro atoms. The summed E-state index contributed by atoms with van der Waals surface area (Å²) in [7, 11) is 0. The summed E-state index contributed by atoms with van der Waals surface area (Å²) < 4.78 is 21.0. The van der Waals surface area contributed by atoms with Crippen LogP contribution < -0.4 is 0 Å². The van der Waals surface area contributed by atoms with Gasteiger partial charge in [-0.1, -0.05) is 12.1 Å². The molecule has 7 heteroatoms. The lowest BCUT2D eigenvalue weighted by Crippen LogP contribution is -2.27. The minimum Gasteiger partial charge on any atom is -0.455 e. The second kappa shape index (κ2) is 8.09. The van der Waals surface area contributed by atoms with E-state index in [-0.39, 0.29) is 12.7 Å². The zero-order valence-corrected chi connectivity index (χ0v) is 12.5. The zero-order chi connectivity index (χ0) is 15.1. The summed E-state index contributed by atoms with van der Waals surface area (Å²) in [6, 6.07) is 0. The van der Waals surface area contributed by atoms with Crippen molar-refractivity contribution in [3.05, 3.63) is 11.7 Å². The predicted octanol–water partition coefficient (Wildman–Crippen LogP) is 1.65. The molecule has 2 heterocycles. The molecule has 0 amide bonds. The third kappa shape index (κ3) is 5.09. The van der Waals surface area contributed by atoms with Gasteiger partial charge in [-0.3, -0.25) is 0 Å². The number of hydrogen-bond acceptors (Lipinski definition) is 7. The Balaban J connectivity index is 1.67. The molecule has 1 fully saturated rings. The smallest absolute Gasteiger partial charge is 0.335 e. The zero-order valence-electron chi connectivity index (χ0n) is 12.5. The van der Waals surface area contributed by atoms with Crippen LogP contribution in [0.5, 0.6) is 0 Å². The van der Waals surface area contributed by atoms with E-state index in [1.165, 1.54) is 0 Å². The van der Waals surface area contributed by atoms with E-state index in [2.05, 4.69) is 10.1 Å². The van der Waals surface area contributed by atoms with E-state index < -0.39 is 12.1 Å². The molecule has 2 atom stereocenters. The van der Waals surface area contributed by atoms with Crippen molar-refractivity contribution in [2.24, 2.45) is 0 Å². The van der Waals surface area contributed by atoms with Gasteiger partial charge in [0.25, 0.3) is 0 Å². The van der Waals surface area contributed by atoms with Gasteiger partial charge in [0.1, 0.15) is 0 Å². The van der Waals surface area contributed by atoms with Crippen molar-refractivity contribution in [3.8, 4) is 0 Å². The highest BCUT2D eigenvalue weighted by atomic mass is 16.6. The number of aromatic nitrogens is 2. The van der Waals surface area contributed by atoms with E-state index in [9.17, 15) is 4.79 Å². The molecule has 1 saturated heterocycles. The summed E-state index contributed by atoms with van der Waals surface area (Å²) in [6.07, 6.45) is 3.14. The number of carbonyl (C=O) groups is 1. The van der Waals surface area contributed by atoms with E-state index in [1.807, 2.05) is 6.92 Å². The first-order chi connectivity index (χ1) is 10.2. The number of ether oxygens (including phenoxy) is 3. The van der Waals surface area contributed by atoms with Crippen molar-refractivity contribution < 1.29 is 23.5 Å². The molecular weight excluding hydrogens is 276 g/mol. The van der Waals surface area contributed by atoms with Gasteiger partial charge in [-0.05, 0) is 26.2 Å². The second-order valence-corrected chi connectivity index (χ2v) is 5.07. The molecule has 1 aliphatic rings. The highest BCUT2D eigenvalue weighted by Gasteiger charge is 2.21. The Morgan fingerprint density at radius 2 is 2.38 bits per heavy atom. The number of esters is 1. The van der Waals surface area contributed by atoms with Crippen LogP contribution in [0, 0.1) is 0 Å². The fraction of sp³-hybridized carbons (Fsp3) is 0.786. The first kappa shape index (κ1) is 15.9. The van der Waals surface area contributed by atoms with Crippen molar-refractivity contribution >= 4 is 5.97 Å². The van der Waals surface area contributed by atoms with Crippen LogP contribution >= 0.6 is 0 Å². The van der Waals surface area contributed by atoms with Gasteiger partial charge >= 0.3 is 5.97 Å². The van der Waals surface area contributed by atoms with Gasteiger partial charge in [-0.2, -0.15) is 4.98 Å². The lowest BCUT2D eigenvalue weighted by Gasteiger charge is -2.14. The molecule has 118 valence electrons. The standard InChI is InChI=1S/C14H22N2O5/c1-3-5-13-15-12(16-21-13)9-20-14(17)10(2)19-8-11-6-4-7-18-11/h10-11H,3-9H2,1-2H3. The summed E-state index contributed by atoms with van der Waals surface area (Å²) in [5, 5.41) is 3.75. The molecule has 21 heavy (non-hydrogen) atoms. The predicted molar refractivity (Wildman–Crippen MR) is 72.5 cm³/mol. The maximum atomic E-state index is 11.8. The third-order valence-electron chi connectivity index (χ3n) is 3.21. The average molecular weight is 298 g/mol. The van der Waals surface area contributed by atoms with Crippen LogP contribution in [0.4, 0.5) is 0 Å². The van der Waals surface area contributed by atoms with Crippen LogP contribution in [-0.2, 0) is 32.0 Å². The molecule has 0 radical (unpaired) electrons. The molecule has 2 rings (SSSR count). The van der Waals surface area contributed by atoms with Crippen LogP contribution in [0.15, 0.2) is 4.52 Å². The van der Waals surface area contributed by atoms with E-state index in [4.69, 9.17) is 18.7 Å². The molecule has 7 nitrogen and oxygen atoms in total. The maximum absolute atomic E-state index is 11.8. The number of carbonyl (C=O) groups excluding carboxylic acids is 1. The second-order valence-electron chi connectivity index (χ2n) is 5.07. The molecule has 0 saturated carbocycles.